The molecule has 29 heavy (non-hydrogen) atoms. The molecule has 0 radical (unpaired) electrons. The monoisotopic (exact) mass is 405 g/mol. The van der Waals surface area contributed by atoms with Crippen LogP contribution < -0.4 is 10.6 Å². The van der Waals surface area contributed by atoms with Crippen molar-refractivity contribution in [3.05, 3.63) is 65.2 Å². The van der Waals surface area contributed by atoms with Gasteiger partial charge in [-0.2, -0.15) is 13.2 Å². The van der Waals surface area contributed by atoms with E-state index in [4.69, 9.17) is 0 Å². The molecule has 2 aromatic rings. The maximum absolute atomic E-state index is 13.1. The second-order valence-electron chi connectivity index (χ2n) is 7.00. The summed E-state index contributed by atoms with van der Waals surface area (Å²) in [7, 11) is 1.56. The fourth-order valence-electron chi connectivity index (χ4n) is 3.11. The molecule has 0 aromatic heterocycles. The predicted molar refractivity (Wildman–Crippen MR) is 103 cm³/mol. The van der Waals surface area contributed by atoms with Gasteiger partial charge in [-0.1, -0.05) is 24.3 Å². The number of alkyl halides is 3. The van der Waals surface area contributed by atoms with Gasteiger partial charge in [-0.25, -0.2) is 0 Å². The zero-order chi connectivity index (χ0) is 21.0. The maximum Gasteiger partial charge on any atom is 0.418 e. The Labute approximate surface area is 166 Å². The van der Waals surface area contributed by atoms with Gasteiger partial charge in [0.25, 0.3) is 5.91 Å². The van der Waals surface area contributed by atoms with Crippen LogP contribution in [0.1, 0.15) is 34.3 Å². The quantitative estimate of drug-likeness (QED) is 0.739. The number of rotatable bonds is 7. The molecule has 1 fully saturated rings. The molecular weight excluding hydrogens is 383 g/mol. The summed E-state index contributed by atoms with van der Waals surface area (Å²) in [4.78, 5) is 26.0. The molecule has 0 heterocycles. The first-order chi connectivity index (χ1) is 13.8. The summed E-state index contributed by atoms with van der Waals surface area (Å²) in [6, 6.07) is 12.2. The summed E-state index contributed by atoms with van der Waals surface area (Å²) in [5.41, 5.74) is 0.357. The van der Waals surface area contributed by atoms with Crippen molar-refractivity contribution in [1.29, 1.82) is 0 Å². The SMILES string of the molecule is CNC(=O)c1ccc(CN(CC(=O)Nc2ccccc2C(F)(F)F)C2CC2)cc1. The number of nitrogens with one attached hydrogen (secondary N) is 2. The van der Waals surface area contributed by atoms with Crippen LogP contribution in [0.2, 0.25) is 0 Å². The first-order valence-electron chi connectivity index (χ1n) is 9.29. The Balaban J connectivity index is 1.66. The molecule has 2 aromatic carbocycles. The van der Waals surface area contributed by atoms with Crippen molar-refractivity contribution in [2.45, 2.75) is 31.6 Å². The van der Waals surface area contributed by atoms with Crippen LogP contribution in [0.15, 0.2) is 48.5 Å². The van der Waals surface area contributed by atoms with Crippen LogP contribution in [0.3, 0.4) is 0 Å². The topological polar surface area (TPSA) is 61.4 Å². The summed E-state index contributed by atoms with van der Waals surface area (Å²) in [5, 5.41) is 4.95. The smallest absolute Gasteiger partial charge is 0.355 e. The van der Waals surface area contributed by atoms with Gasteiger partial charge in [0.1, 0.15) is 0 Å². The number of carbonyl (C=O) groups is 2. The van der Waals surface area contributed by atoms with Gasteiger partial charge in [-0.15, -0.1) is 0 Å². The third-order valence-electron chi connectivity index (χ3n) is 4.75. The number of halogens is 3. The zero-order valence-electron chi connectivity index (χ0n) is 15.9. The number of amides is 2. The lowest BCUT2D eigenvalue weighted by Gasteiger charge is -2.22. The van der Waals surface area contributed by atoms with Crippen LogP contribution in [-0.4, -0.2) is 36.3 Å². The Kier molecular flexibility index (Phi) is 6.22. The Morgan fingerprint density at radius 3 is 2.31 bits per heavy atom. The molecule has 1 saturated carbocycles. The molecule has 5 nitrogen and oxygen atoms in total. The minimum absolute atomic E-state index is 0.00590. The molecule has 0 atom stereocenters. The number of carbonyl (C=O) groups excluding carboxylic acids is 2. The Hall–Kier alpha value is -2.87. The number of para-hydroxylation sites is 1. The van der Waals surface area contributed by atoms with E-state index >= 15 is 0 Å². The molecule has 0 bridgehead atoms. The van der Waals surface area contributed by atoms with Crippen molar-refractivity contribution in [1.82, 2.24) is 10.2 Å². The average Bonchev–Trinajstić information content (AvgIpc) is 3.52. The van der Waals surface area contributed by atoms with Gasteiger partial charge in [-0.05, 0) is 42.7 Å². The van der Waals surface area contributed by atoms with E-state index in [0.717, 1.165) is 24.5 Å². The molecule has 0 aliphatic heterocycles. The molecule has 154 valence electrons. The summed E-state index contributed by atoms with van der Waals surface area (Å²) in [6.07, 6.45) is -2.64. The van der Waals surface area contributed by atoms with Gasteiger partial charge in [-0.3, -0.25) is 14.5 Å². The zero-order valence-corrected chi connectivity index (χ0v) is 15.9. The van der Waals surface area contributed by atoms with E-state index in [1.807, 2.05) is 17.0 Å². The largest absolute Gasteiger partial charge is 0.418 e. The van der Waals surface area contributed by atoms with Crippen molar-refractivity contribution >= 4 is 17.5 Å². The summed E-state index contributed by atoms with van der Waals surface area (Å²) < 4.78 is 39.3. The highest BCUT2D eigenvalue weighted by atomic mass is 19.4. The molecule has 0 spiro atoms. The number of nitrogens with zero attached hydrogens (tertiary/aromatic N) is 1. The Bertz CT molecular complexity index is 877. The van der Waals surface area contributed by atoms with E-state index in [-0.39, 0.29) is 24.2 Å². The van der Waals surface area contributed by atoms with Crippen molar-refractivity contribution in [3.8, 4) is 0 Å². The summed E-state index contributed by atoms with van der Waals surface area (Å²) in [6.45, 7) is 0.473. The molecule has 8 heteroatoms. The van der Waals surface area contributed by atoms with Crippen LogP contribution >= 0.6 is 0 Å². The Morgan fingerprint density at radius 1 is 1.07 bits per heavy atom. The number of anilines is 1. The van der Waals surface area contributed by atoms with Gasteiger partial charge in [0.2, 0.25) is 5.91 Å². The minimum Gasteiger partial charge on any atom is -0.355 e. The van der Waals surface area contributed by atoms with E-state index in [2.05, 4.69) is 10.6 Å². The second-order valence-corrected chi connectivity index (χ2v) is 7.00. The van der Waals surface area contributed by atoms with Crippen LogP contribution in [0, 0.1) is 0 Å². The summed E-state index contributed by atoms with van der Waals surface area (Å²) in [5.74, 6) is -0.672. The molecule has 0 saturated heterocycles. The first kappa shape index (κ1) is 20.9. The van der Waals surface area contributed by atoms with E-state index in [0.29, 0.717) is 12.1 Å². The van der Waals surface area contributed by atoms with Gasteiger partial charge >= 0.3 is 6.18 Å². The lowest BCUT2D eigenvalue weighted by atomic mass is 10.1. The van der Waals surface area contributed by atoms with Crippen molar-refractivity contribution in [2.75, 3.05) is 18.9 Å². The minimum atomic E-state index is -4.54. The van der Waals surface area contributed by atoms with E-state index in [1.165, 1.54) is 18.2 Å². The van der Waals surface area contributed by atoms with Crippen LogP contribution in [0.5, 0.6) is 0 Å². The molecule has 3 rings (SSSR count). The summed E-state index contributed by atoms with van der Waals surface area (Å²) >= 11 is 0. The van der Waals surface area contributed by atoms with Gasteiger partial charge in [0.15, 0.2) is 0 Å². The van der Waals surface area contributed by atoms with Crippen molar-refractivity contribution in [3.63, 3.8) is 0 Å². The van der Waals surface area contributed by atoms with Gasteiger partial charge in [0, 0.05) is 25.2 Å². The molecule has 1 aliphatic rings. The highest BCUT2D eigenvalue weighted by molar-refractivity contribution is 5.94. The van der Waals surface area contributed by atoms with E-state index < -0.39 is 17.6 Å². The molecular formula is C21H22F3N3O2. The van der Waals surface area contributed by atoms with Gasteiger partial charge in [0.05, 0.1) is 17.8 Å². The van der Waals surface area contributed by atoms with Crippen LogP contribution in [0.25, 0.3) is 0 Å². The number of benzene rings is 2. The van der Waals surface area contributed by atoms with Crippen molar-refractivity contribution in [2.24, 2.45) is 0 Å². The lowest BCUT2D eigenvalue weighted by molar-refractivity contribution is -0.137. The number of hydrogen-bond acceptors (Lipinski definition) is 3. The fourth-order valence-corrected chi connectivity index (χ4v) is 3.11. The highest BCUT2D eigenvalue weighted by Gasteiger charge is 2.34. The van der Waals surface area contributed by atoms with Crippen LogP contribution in [0.4, 0.5) is 18.9 Å². The maximum atomic E-state index is 13.1. The third-order valence-corrected chi connectivity index (χ3v) is 4.75. The normalized spacial score (nSPS) is 14.0. The third kappa shape index (κ3) is 5.57. The van der Waals surface area contributed by atoms with Gasteiger partial charge < -0.3 is 10.6 Å². The average molecular weight is 405 g/mol. The standard InChI is InChI=1S/C21H22F3N3O2/c1-25-20(29)15-8-6-14(7-9-15)12-27(16-10-11-16)13-19(28)26-18-5-3-2-4-17(18)21(22,23)24/h2-9,16H,10-13H2,1H3,(H,25,29)(H,26,28). The molecule has 0 unspecified atom stereocenters. The molecule has 2 N–H and O–H groups in total. The highest BCUT2D eigenvalue weighted by Crippen LogP contribution is 2.34. The van der Waals surface area contributed by atoms with E-state index in [9.17, 15) is 22.8 Å². The van der Waals surface area contributed by atoms with Crippen molar-refractivity contribution < 1.29 is 22.8 Å². The Morgan fingerprint density at radius 2 is 1.72 bits per heavy atom. The second kappa shape index (κ2) is 8.65. The lowest BCUT2D eigenvalue weighted by Crippen LogP contribution is -2.35. The predicted octanol–water partition coefficient (Wildman–Crippen LogP) is 3.67. The van der Waals surface area contributed by atoms with Crippen LogP contribution in [-0.2, 0) is 17.5 Å². The molecule has 2 amide bonds. The first-order valence-corrected chi connectivity index (χ1v) is 9.29. The number of hydrogen-bond donors (Lipinski definition) is 2. The molecule has 1 aliphatic carbocycles. The van der Waals surface area contributed by atoms with E-state index in [1.54, 1.807) is 19.2 Å². The fraction of sp³-hybridized carbons (Fsp3) is 0.333.